The molecule has 0 atom stereocenters. The fourth-order valence-corrected chi connectivity index (χ4v) is 1.67. The Bertz CT molecular complexity index is 659. The normalized spacial score (nSPS) is 10.4. The smallest absolute Gasteiger partial charge is 0.283 e. The summed E-state index contributed by atoms with van der Waals surface area (Å²) in [6.45, 7) is 0.215. The number of aromatic nitrogens is 2. The van der Waals surface area contributed by atoms with Gasteiger partial charge in [0.2, 0.25) is 0 Å². The average Bonchev–Trinajstić information content (AvgIpc) is 3.16. The van der Waals surface area contributed by atoms with Crippen LogP contribution in [0.4, 0.5) is 5.69 Å². The van der Waals surface area contributed by atoms with Crippen molar-refractivity contribution in [3.05, 3.63) is 48.6 Å². The molecular weight excluding hydrogens is 258 g/mol. The van der Waals surface area contributed by atoms with Crippen molar-refractivity contribution in [2.45, 2.75) is 6.61 Å². The largest absolute Gasteiger partial charge is 0.484 e. The van der Waals surface area contributed by atoms with E-state index in [-0.39, 0.29) is 6.61 Å². The lowest BCUT2D eigenvalue weighted by Crippen LogP contribution is -1.96. The molecular formula is C14H13N3O3. The molecule has 1 N–H and O–H groups in total. The number of furan rings is 1. The summed E-state index contributed by atoms with van der Waals surface area (Å²) in [5, 5.41) is 10.8. The molecule has 0 saturated carbocycles. The lowest BCUT2D eigenvalue weighted by atomic mass is 10.3. The van der Waals surface area contributed by atoms with E-state index >= 15 is 0 Å². The van der Waals surface area contributed by atoms with Crippen LogP contribution < -0.4 is 10.1 Å². The molecule has 0 spiro atoms. The highest BCUT2D eigenvalue weighted by molar-refractivity contribution is 5.45. The van der Waals surface area contributed by atoms with Crippen molar-refractivity contribution < 1.29 is 13.6 Å². The Morgan fingerprint density at radius 1 is 1.15 bits per heavy atom. The van der Waals surface area contributed by atoms with Gasteiger partial charge in [0.15, 0.2) is 12.4 Å². The van der Waals surface area contributed by atoms with Crippen LogP contribution in [0, 0.1) is 0 Å². The van der Waals surface area contributed by atoms with E-state index in [1.165, 1.54) is 0 Å². The summed E-state index contributed by atoms with van der Waals surface area (Å²) in [5.74, 6) is 2.03. The predicted octanol–water partition coefficient (Wildman–Crippen LogP) is 2.95. The van der Waals surface area contributed by atoms with E-state index in [1.54, 1.807) is 18.4 Å². The molecule has 0 fully saturated rings. The summed E-state index contributed by atoms with van der Waals surface area (Å²) in [6, 6.07) is 11.1. The minimum Gasteiger partial charge on any atom is -0.484 e. The van der Waals surface area contributed by atoms with E-state index in [1.807, 2.05) is 31.3 Å². The highest BCUT2D eigenvalue weighted by Gasteiger charge is 2.11. The van der Waals surface area contributed by atoms with Crippen LogP contribution in [0.1, 0.15) is 5.89 Å². The highest BCUT2D eigenvalue weighted by Crippen LogP contribution is 2.19. The fraction of sp³-hybridized carbons (Fsp3) is 0.143. The molecule has 0 radical (unpaired) electrons. The molecule has 2 aromatic heterocycles. The Morgan fingerprint density at radius 3 is 2.70 bits per heavy atom. The molecule has 102 valence electrons. The van der Waals surface area contributed by atoms with E-state index in [0.29, 0.717) is 17.5 Å². The summed E-state index contributed by atoms with van der Waals surface area (Å²) < 4.78 is 16.2. The Kier molecular flexibility index (Phi) is 3.36. The van der Waals surface area contributed by atoms with Crippen LogP contribution in [-0.2, 0) is 6.61 Å². The third kappa shape index (κ3) is 2.64. The van der Waals surface area contributed by atoms with Crippen molar-refractivity contribution in [1.82, 2.24) is 10.2 Å². The van der Waals surface area contributed by atoms with Gasteiger partial charge in [-0.2, -0.15) is 0 Å². The molecule has 1 aromatic carbocycles. The number of hydrogen-bond acceptors (Lipinski definition) is 6. The zero-order valence-electron chi connectivity index (χ0n) is 10.9. The number of anilines is 1. The van der Waals surface area contributed by atoms with E-state index in [0.717, 1.165) is 11.4 Å². The topological polar surface area (TPSA) is 73.3 Å². The summed E-state index contributed by atoms with van der Waals surface area (Å²) in [5.41, 5.74) is 1.02. The number of nitrogens with zero attached hydrogens (tertiary/aromatic N) is 2. The fourth-order valence-electron chi connectivity index (χ4n) is 1.67. The summed E-state index contributed by atoms with van der Waals surface area (Å²) in [6.07, 6.45) is 1.55. The van der Waals surface area contributed by atoms with Crippen molar-refractivity contribution in [2.24, 2.45) is 0 Å². The number of ether oxygens (including phenoxy) is 1. The molecule has 0 amide bonds. The molecule has 0 aliphatic rings. The number of benzene rings is 1. The van der Waals surface area contributed by atoms with E-state index in [2.05, 4.69) is 15.5 Å². The zero-order chi connectivity index (χ0) is 13.8. The summed E-state index contributed by atoms with van der Waals surface area (Å²) >= 11 is 0. The molecule has 0 aliphatic heterocycles. The van der Waals surface area contributed by atoms with Gasteiger partial charge < -0.3 is 18.9 Å². The molecule has 0 saturated heterocycles. The Labute approximate surface area is 115 Å². The number of hydrogen-bond donors (Lipinski definition) is 1. The number of rotatable bonds is 5. The SMILES string of the molecule is CNc1ccc(OCc2nnc(-c3ccco3)o2)cc1. The van der Waals surface area contributed by atoms with Gasteiger partial charge in [-0.15, -0.1) is 10.2 Å². The first-order chi connectivity index (χ1) is 9.85. The van der Waals surface area contributed by atoms with Crippen LogP contribution in [0.2, 0.25) is 0 Å². The second kappa shape index (κ2) is 5.48. The van der Waals surface area contributed by atoms with Crippen LogP contribution in [0.3, 0.4) is 0 Å². The van der Waals surface area contributed by atoms with Gasteiger partial charge in [0, 0.05) is 12.7 Å². The van der Waals surface area contributed by atoms with Crippen molar-refractivity contribution in [2.75, 3.05) is 12.4 Å². The van der Waals surface area contributed by atoms with Crippen LogP contribution in [-0.4, -0.2) is 17.2 Å². The van der Waals surface area contributed by atoms with Gasteiger partial charge in [-0.05, 0) is 36.4 Å². The number of nitrogens with one attached hydrogen (secondary N) is 1. The maximum atomic E-state index is 5.57. The highest BCUT2D eigenvalue weighted by atomic mass is 16.5. The molecule has 0 aliphatic carbocycles. The monoisotopic (exact) mass is 271 g/mol. The molecule has 20 heavy (non-hydrogen) atoms. The van der Waals surface area contributed by atoms with Crippen LogP contribution >= 0.6 is 0 Å². The van der Waals surface area contributed by atoms with Crippen LogP contribution in [0.15, 0.2) is 51.5 Å². The van der Waals surface area contributed by atoms with Gasteiger partial charge in [-0.1, -0.05) is 0 Å². The van der Waals surface area contributed by atoms with Gasteiger partial charge in [0.05, 0.1) is 6.26 Å². The van der Waals surface area contributed by atoms with Crippen molar-refractivity contribution in [3.63, 3.8) is 0 Å². The third-order valence-corrected chi connectivity index (χ3v) is 2.70. The average molecular weight is 271 g/mol. The van der Waals surface area contributed by atoms with Crippen LogP contribution in [0.5, 0.6) is 5.75 Å². The first-order valence-corrected chi connectivity index (χ1v) is 6.12. The standard InChI is InChI=1S/C14H13N3O3/c1-15-10-4-6-11(7-5-10)19-9-13-16-17-14(20-13)12-3-2-8-18-12/h2-8,15H,9H2,1H3. The first-order valence-electron chi connectivity index (χ1n) is 6.12. The molecule has 2 heterocycles. The van der Waals surface area contributed by atoms with Crippen molar-refractivity contribution in [3.8, 4) is 17.4 Å². The molecule has 0 bridgehead atoms. The lowest BCUT2D eigenvalue weighted by Gasteiger charge is -2.04. The predicted molar refractivity (Wildman–Crippen MR) is 72.3 cm³/mol. The molecule has 0 unspecified atom stereocenters. The van der Waals surface area contributed by atoms with Crippen molar-refractivity contribution in [1.29, 1.82) is 0 Å². The quantitative estimate of drug-likeness (QED) is 0.769. The molecule has 6 nitrogen and oxygen atoms in total. The van der Waals surface area contributed by atoms with E-state index in [9.17, 15) is 0 Å². The lowest BCUT2D eigenvalue weighted by molar-refractivity contribution is 0.264. The minimum atomic E-state index is 0.215. The van der Waals surface area contributed by atoms with E-state index < -0.39 is 0 Å². The second-order valence-corrected chi connectivity index (χ2v) is 4.04. The first kappa shape index (κ1) is 12.3. The van der Waals surface area contributed by atoms with Gasteiger partial charge in [0.1, 0.15) is 5.75 Å². The van der Waals surface area contributed by atoms with Crippen LogP contribution in [0.25, 0.3) is 11.7 Å². The second-order valence-electron chi connectivity index (χ2n) is 4.04. The third-order valence-electron chi connectivity index (χ3n) is 2.70. The maximum Gasteiger partial charge on any atom is 0.283 e. The Morgan fingerprint density at radius 2 is 2.00 bits per heavy atom. The zero-order valence-corrected chi connectivity index (χ0v) is 10.9. The van der Waals surface area contributed by atoms with Gasteiger partial charge in [-0.3, -0.25) is 0 Å². The maximum absolute atomic E-state index is 5.57. The summed E-state index contributed by atoms with van der Waals surface area (Å²) in [7, 11) is 1.87. The molecule has 6 heteroatoms. The molecule has 3 rings (SSSR count). The van der Waals surface area contributed by atoms with E-state index in [4.69, 9.17) is 13.6 Å². The Hall–Kier alpha value is -2.76. The van der Waals surface area contributed by atoms with Gasteiger partial charge in [-0.25, -0.2) is 0 Å². The molecule has 3 aromatic rings. The van der Waals surface area contributed by atoms with Gasteiger partial charge in [0.25, 0.3) is 11.8 Å². The van der Waals surface area contributed by atoms with Gasteiger partial charge >= 0.3 is 0 Å². The van der Waals surface area contributed by atoms with Crippen molar-refractivity contribution >= 4 is 5.69 Å². The Balaban J connectivity index is 1.63. The summed E-state index contributed by atoms with van der Waals surface area (Å²) in [4.78, 5) is 0. The minimum absolute atomic E-state index is 0.215.